The molecule has 0 radical (unpaired) electrons. The van der Waals surface area contributed by atoms with Crippen LogP contribution in [0.5, 0.6) is 0 Å². The van der Waals surface area contributed by atoms with Crippen molar-refractivity contribution in [2.45, 2.75) is 20.4 Å². The van der Waals surface area contributed by atoms with Crippen LogP contribution in [-0.2, 0) is 6.54 Å². The Morgan fingerprint density at radius 1 is 1.13 bits per heavy atom. The van der Waals surface area contributed by atoms with Crippen molar-refractivity contribution < 1.29 is 0 Å². The molecule has 2 heterocycles. The van der Waals surface area contributed by atoms with Crippen LogP contribution >= 0.6 is 23.2 Å². The number of nitrogens with one attached hydrogen (secondary N) is 2. The SMILES string of the molecule is C=c1nc2c(c(=O)[nH]1)=Nc1cc(C)c(C)cc1N2CCNCc1ccc(Cl)c(Cl)c1. The van der Waals surface area contributed by atoms with Crippen LogP contribution in [0.3, 0.4) is 0 Å². The van der Waals surface area contributed by atoms with Crippen molar-refractivity contribution in [3.63, 3.8) is 0 Å². The van der Waals surface area contributed by atoms with Crippen LogP contribution in [0.1, 0.15) is 16.7 Å². The second-order valence-corrected chi connectivity index (χ2v) is 8.11. The fourth-order valence-electron chi connectivity index (χ4n) is 3.42. The van der Waals surface area contributed by atoms with Gasteiger partial charge in [0.1, 0.15) is 5.48 Å². The Balaban J connectivity index is 1.62. The summed E-state index contributed by atoms with van der Waals surface area (Å²) in [5, 5.41) is 4.79. The number of hydrogen-bond donors (Lipinski definition) is 2. The molecule has 0 fully saturated rings. The zero-order valence-corrected chi connectivity index (χ0v) is 18.2. The van der Waals surface area contributed by atoms with Gasteiger partial charge in [0.15, 0.2) is 11.2 Å². The molecule has 0 bridgehead atoms. The van der Waals surface area contributed by atoms with E-state index in [1.54, 1.807) is 6.07 Å². The molecule has 0 spiro atoms. The van der Waals surface area contributed by atoms with Crippen molar-refractivity contribution in [2.75, 3.05) is 18.0 Å². The summed E-state index contributed by atoms with van der Waals surface area (Å²) < 4.78 is 0. The van der Waals surface area contributed by atoms with Crippen molar-refractivity contribution in [3.8, 4) is 0 Å². The Bertz CT molecular complexity index is 1300. The maximum Gasteiger partial charge on any atom is 0.279 e. The minimum Gasteiger partial charge on any atom is -0.321 e. The van der Waals surface area contributed by atoms with E-state index in [1.807, 2.05) is 30.0 Å². The lowest BCUT2D eigenvalue weighted by Gasteiger charge is -2.28. The predicted octanol–water partition coefficient (Wildman–Crippen LogP) is 3.30. The maximum atomic E-state index is 12.5. The van der Waals surface area contributed by atoms with E-state index in [2.05, 4.69) is 39.8 Å². The first kappa shape index (κ1) is 20.6. The van der Waals surface area contributed by atoms with Crippen molar-refractivity contribution >= 4 is 47.0 Å². The zero-order valence-electron chi connectivity index (χ0n) is 16.7. The summed E-state index contributed by atoms with van der Waals surface area (Å²) in [5.41, 5.74) is 5.04. The molecule has 3 aromatic rings. The van der Waals surface area contributed by atoms with Gasteiger partial charge in [-0.25, -0.2) is 9.98 Å². The molecular weight excluding hydrogens is 421 g/mol. The third-order valence-corrected chi connectivity index (χ3v) is 5.86. The molecule has 4 rings (SSSR count). The first-order chi connectivity index (χ1) is 14.3. The number of fused-ring (bicyclic) bond motifs is 2. The van der Waals surface area contributed by atoms with Gasteiger partial charge >= 0.3 is 0 Å². The van der Waals surface area contributed by atoms with Crippen LogP contribution in [0, 0.1) is 13.8 Å². The van der Waals surface area contributed by atoms with Crippen molar-refractivity contribution in [3.05, 3.63) is 78.3 Å². The Labute approximate surface area is 183 Å². The summed E-state index contributed by atoms with van der Waals surface area (Å²) in [5.74, 6) is 0.524. The topological polar surface area (TPSA) is 73.4 Å². The summed E-state index contributed by atoms with van der Waals surface area (Å²) in [6.45, 7) is 9.79. The van der Waals surface area contributed by atoms with Gasteiger partial charge in [0.25, 0.3) is 5.56 Å². The van der Waals surface area contributed by atoms with Gasteiger partial charge in [-0.3, -0.25) is 4.79 Å². The van der Waals surface area contributed by atoms with Crippen LogP contribution in [-0.4, -0.2) is 23.1 Å². The molecule has 6 nitrogen and oxygen atoms in total. The highest BCUT2D eigenvalue weighted by atomic mass is 35.5. The summed E-state index contributed by atoms with van der Waals surface area (Å²) in [6.07, 6.45) is 0. The van der Waals surface area contributed by atoms with Crippen molar-refractivity contribution in [1.29, 1.82) is 0 Å². The van der Waals surface area contributed by atoms with Crippen LogP contribution < -0.4 is 26.6 Å². The lowest BCUT2D eigenvalue weighted by atomic mass is 10.1. The third kappa shape index (κ3) is 3.99. The molecule has 1 aliphatic heterocycles. The number of aromatic amines is 1. The number of anilines is 2. The highest BCUT2D eigenvalue weighted by Crippen LogP contribution is 2.36. The van der Waals surface area contributed by atoms with E-state index in [0.717, 1.165) is 28.1 Å². The van der Waals surface area contributed by atoms with Crippen LogP contribution in [0.4, 0.5) is 17.2 Å². The third-order valence-electron chi connectivity index (χ3n) is 5.12. The van der Waals surface area contributed by atoms with Gasteiger partial charge in [-0.15, -0.1) is 0 Å². The standard InChI is InChI=1S/C22H21Cl2N5O/c1-12-8-18-19(9-13(12)2)29(21-20(28-18)22(30)27-14(3)26-21)7-6-25-11-15-4-5-16(23)17(24)10-15/h4-5,8-10,25H,3,6-7,11H2,1-2H3,(H,27,30). The summed E-state index contributed by atoms with van der Waals surface area (Å²) in [7, 11) is 0. The normalized spacial score (nSPS) is 12.3. The number of halogens is 2. The number of hydrogen-bond acceptors (Lipinski definition) is 5. The molecule has 0 saturated heterocycles. The first-order valence-electron chi connectivity index (χ1n) is 9.55. The highest BCUT2D eigenvalue weighted by molar-refractivity contribution is 6.42. The van der Waals surface area contributed by atoms with E-state index in [4.69, 9.17) is 23.2 Å². The number of rotatable bonds is 5. The molecule has 8 heteroatoms. The summed E-state index contributed by atoms with van der Waals surface area (Å²) >= 11 is 12.1. The van der Waals surface area contributed by atoms with Gasteiger partial charge in [0, 0.05) is 19.6 Å². The summed E-state index contributed by atoms with van der Waals surface area (Å²) in [6, 6.07) is 9.66. The minimum atomic E-state index is -0.289. The molecule has 0 saturated carbocycles. The maximum absolute atomic E-state index is 12.5. The molecule has 154 valence electrons. The molecule has 2 aromatic carbocycles. The van der Waals surface area contributed by atoms with Gasteiger partial charge in [0.05, 0.1) is 21.4 Å². The Morgan fingerprint density at radius 3 is 2.67 bits per heavy atom. The zero-order chi connectivity index (χ0) is 21.4. The minimum absolute atomic E-state index is 0.289. The predicted molar refractivity (Wildman–Crippen MR) is 122 cm³/mol. The van der Waals surface area contributed by atoms with E-state index in [-0.39, 0.29) is 5.56 Å². The molecule has 0 aliphatic carbocycles. The molecule has 1 aliphatic rings. The van der Waals surface area contributed by atoms with Gasteiger partial charge < -0.3 is 15.2 Å². The fourth-order valence-corrected chi connectivity index (χ4v) is 3.74. The van der Waals surface area contributed by atoms with E-state index in [0.29, 0.717) is 46.3 Å². The number of H-pyrrole nitrogens is 1. The van der Waals surface area contributed by atoms with Gasteiger partial charge in [-0.2, -0.15) is 0 Å². The Kier molecular flexibility index (Phi) is 5.64. The second-order valence-electron chi connectivity index (χ2n) is 7.30. The number of aromatic nitrogens is 2. The first-order valence-corrected chi connectivity index (χ1v) is 10.3. The average Bonchev–Trinajstić information content (AvgIpc) is 2.69. The van der Waals surface area contributed by atoms with E-state index >= 15 is 0 Å². The number of aryl methyl sites for hydroxylation is 2. The van der Waals surface area contributed by atoms with Crippen molar-refractivity contribution in [1.82, 2.24) is 15.3 Å². The Hall–Kier alpha value is -2.67. The van der Waals surface area contributed by atoms with Crippen LogP contribution in [0.2, 0.25) is 10.0 Å². The van der Waals surface area contributed by atoms with Gasteiger partial charge in [-0.05, 0) is 54.8 Å². The van der Waals surface area contributed by atoms with Crippen LogP contribution in [0.25, 0.3) is 6.58 Å². The second kappa shape index (κ2) is 8.22. The molecule has 0 amide bonds. The molecule has 2 N–H and O–H groups in total. The van der Waals surface area contributed by atoms with E-state index in [9.17, 15) is 4.79 Å². The van der Waals surface area contributed by atoms with Crippen LogP contribution in [0.15, 0.2) is 40.1 Å². The molecule has 0 atom stereocenters. The lowest BCUT2D eigenvalue weighted by molar-refractivity contribution is 0.682. The van der Waals surface area contributed by atoms with Crippen molar-refractivity contribution in [2.24, 2.45) is 4.99 Å². The van der Waals surface area contributed by atoms with Gasteiger partial charge in [-0.1, -0.05) is 35.8 Å². The fraction of sp³-hybridized carbons (Fsp3) is 0.227. The molecular formula is C22H21Cl2N5O. The average molecular weight is 442 g/mol. The van der Waals surface area contributed by atoms with Gasteiger partial charge in [0.2, 0.25) is 0 Å². The largest absolute Gasteiger partial charge is 0.321 e. The molecule has 1 aromatic heterocycles. The highest BCUT2D eigenvalue weighted by Gasteiger charge is 2.23. The monoisotopic (exact) mass is 441 g/mol. The number of nitrogens with zero attached hydrogens (tertiary/aromatic N) is 3. The molecule has 0 unspecified atom stereocenters. The van der Waals surface area contributed by atoms with E-state index < -0.39 is 0 Å². The smallest absolute Gasteiger partial charge is 0.279 e. The Morgan fingerprint density at radius 2 is 1.90 bits per heavy atom. The number of benzene rings is 2. The lowest BCUT2D eigenvalue weighted by Crippen LogP contribution is -2.43. The molecule has 30 heavy (non-hydrogen) atoms. The van der Waals surface area contributed by atoms with E-state index in [1.165, 1.54) is 0 Å². The quantitative estimate of drug-likeness (QED) is 0.595. The summed E-state index contributed by atoms with van der Waals surface area (Å²) in [4.78, 5) is 26.2.